The van der Waals surface area contributed by atoms with E-state index in [0.29, 0.717) is 31.7 Å². The number of nitrogens with one attached hydrogen (secondary N) is 1. The summed E-state index contributed by atoms with van der Waals surface area (Å²) in [5, 5.41) is 9.38. The maximum Gasteiger partial charge on any atom is 0.326 e. The van der Waals surface area contributed by atoms with Gasteiger partial charge in [-0.1, -0.05) is 0 Å². The Morgan fingerprint density at radius 3 is 2.42 bits per heavy atom. The lowest BCUT2D eigenvalue weighted by molar-refractivity contribution is -0.147. The Kier molecular flexibility index (Phi) is 4.11. The number of amides is 2. The molecule has 0 unspecified atom stereocenters. The smallest absolute Gasteiger partial charge is 0.326 e. The van der Waals surface area contributed by atoms with Gasteiger partial charge in [0.05, 0.1) is 0 Å². The summed E-state index contributed by atoms with van der Waals surface area (Å²) in [5.41, 5.74) is 1.42. The first kappa shape index (κ1) is 16.5. The molecule has 0 aliphatic carbocycles. The van der Waals surface area contributed by atoms with Gasteiger partial charge in [0.1, 0.15) is 11.7 Å². The summed E-state index contributed by atoms with van der Waals surface area (Å²) in [7, 11) is 0. The van der Waals surface area contributed by atoms with Crippen LogP contribution in [0.4, 0.5) is 0 Å². The van der Waals surface area contributed by atoms with Gasteiger partial charge in [-0.2, -0.15) is 0 Å². The molecule has 1 spiro atoms. The summed E-state index contributed by atoms with van der Waals surface area (Å²) < 4.78 is 0. The zero-order valence-corrected chi connectivity index (χ0v) is 14.0. The highest BCUT2D eigenvalue weighted by Crippen LogP contribution is 2.43. The number of likely N-dealkylation sites (tertiary alicyclic amines) is 2. The molecule has 3 rings (SSSR count). The number of hydrogen-bond acceptors (Lipinski definition) is 3. The van der Waals surface area contributed by atoms with Crippen LogP contribution in [0.3, 0.4) is 0 Å². The molecule has 0 saturated carbocycles. The first-order valence-electron chi connectivity index (χ1n) is 8.26. The van der Waals surface area contributed by atoms with Crippen LogP contribution in [0, 0.1) is 12.3 Å². The molecule has 0 aromatic carbocycles. The van der Waals surface area contributed by atoms with E-state index in [0.717, 1.165) is 18.4 Å². The van der Waals surface area contributed by atoms with Crippen LogP contribution in [0.5, 0.6) is 0 Å². The van der Waals surface area contributed by atoms with Crippen molar-refractivity contribution in [3.63, 3.8) is 0 Å². The Labute approximate surface area is 140 Å². The summed E-state index contributed by atoms with van der Waals surface area (Å²) in [6.07, 6.45) is 3.74. The zero-order valence-electron chi connectivity index (χ0n) is 14.0. The number of carbonyl (C=O) groups is 3. The topological polar surface area (TPSA) is 93.7 Å². The fourth-order valence-corrected chi connectivity index (χ4v) is 3.95. The van der Waals surface area contributed by atoms with Gasteiger partial charge in [0.2, 0.25) is 5.91 Å². The highest BCUT2D eigenvalue weighted by atomic mass is 16.4. The van der Waals surface area contributed by atoms with Crippen LogP contribution >= 0.6 is 0 Å². The normalized spacial score (nSPS) is 22.8. The van der Waals surface area contributed by atoms with Crippen LogP contribution in [-0.4, -0.2) is 63.4 Å². The molecular formula is C17H23N3O4. The van der Waals surface area contributed by atoms with Crippen molar-refractivity contribution in [1.82, 2.24) is 14.8 Å². The molecule has 2 fully saturated rings. The second kappa shape index (κ2) is 5.96. The molecule has 1 aromatic heterocycles. The first-order valence-corrected chi connectivity index (χ1v) is 8.26. The average Bonchev–Trinajstić information content (AvgIpc) is 3.12. The van der Waals surface area contributed by atoms with Crippen LogP contribution in [0.2, 0.25) is 0 Å². The summed E-state index contributed by atoms with van der Waals surface area (Å²) in [6, 6.07) is 1.09. The summed E-state index contributed by atoms with van der Waals surface area (Å²) in [4.78, 5) is 41.9. The molecule has 7 heteroatoms. The molecule has 130 valence electrons. The molecule has 1 aromatic rings. The molecule has 2 aliphatic rings. The third-order valence-corrected chi connectivity index (χ3v) is 5.37. The van der Waals surface area contributed by atoms with Crippen molar-refractivity contribution in [3.8, 4) is 0 Å². The Balaban J connectivity index is 1.67. The third kappa shape index (κ3) is 2.90. The number of carbonyl (C=O) groups excluding carboxylic acids is 2. The lowest BCUT2D eigenvalue weighted by Crippen LogP contribution is -2.44. The molecule has 2 aliphatic heterocycles. The molecule has 2 saturated heterocycles. The van der Waals surface area contributed by atoms with E-state index in [1.165, 1.54) is 11.8 Å². The Bertz CT molecular complexity index is 649. The first-order chi connectivity index (χ1) is 11.3. The van der Waals surface area contributed by atoms with E-state index < -0.39 is 12.0 Å². The maximum atomic E-state index is 12.5. The number of aryl methyl sites for hydroxylation is 1. The van der Waals surface area contributed by atoms with Crippen molar-refractivity contribution < 1.29 is 19.5 Å². The van der Waals surface area contributed by atoms with E-state index >= 15 is 0 Å². The highest BCUT2D eigenvalue weighted by Gasteiger charge is 2.49. The summed E-state index contributed by atoms with van der Waals surface area (Å²) in [5.74, 6) is -1.16. The molecule has 24 heavy (non-hydrogen) atoms. The van der Waals surface area contributed by atoms with E-state index in [9.17, 15) is 19.5 Å². The van der Waals surface area contributed by atoms with E-state index in [1.807, 2.05) is 17.9 Å². The number of aliphatic carboxylic acids is 1. The molecule has 0 radical (unpaired) electrons. The monoisotopic (exact) mass is 333 g/mol. The fourth-order valence-electron chi connectivity index (χ4n) is 3.95. The molecule has 1 atom stereocenters. The van der Waals surface area contributed by atoms with Gasteiger partial charge in [0.15, 0.2) is 0 Å². The quantitative estimate of drug-likeness (QED) is 0.852. The minimum atomic E-state index is -0.942. The Hall–Kier alpha value is -2.31. The zero-order chi connectivity index (χ0) is 17.5. The molecule has 0 bridgehead atoms. The van der Waals surface area contributed by atoms with Crippen LogP contribution in [0.25, 0.3) is 0 Å². The van der Waals surface area contributed by atoms with Crippen molar-refractivity contribution >= 4 is 17.8 Å². The number of aromatic nitrogens is 1. The minimum absolute atomic E-state index is 0.0193. The lowest BCUT2D eigenvalue weighted by atomic mass is 9.76. The lowest BCUT2D eigenvalue weighted by Gasteiger charge is -2.39. The van der Waals surface area contributed by atoms with Crippen molar-refractivity contribution in [1.29, 1.82) is 0 Å². The van der Waals surface area contributed by atoms with Gasteiger partial charge >= 0.3 is 5.97 Å². The van der Waals surface area contributed by atoms with Gasteiger partial charge in [-0.25, -0.2) is 4.79 Å². The SMILES string of the molecule is CC(=O)N1CC2(CCN(C(=O)c3cc(C)c[nH]3)CC2)C[C@H]1C(=O)O. The van der Waals surface area contributed by atoms with Crippen molar-refractivity contribution in [2.45, 2.75) is 39.2 Å². The fraction of sp³-hybridized carbons (Fsp3) is 0.588. The van der Waals surface area contributed by atoms with Crippen LogP contribution < -0.4 is 0 Å². The Morgan fingerprint density at radius 2 is 1.96 bits per heavy atom. The molecule has 3 heterocycles. The number of rotatable bonds is 2. The summed E-state index contributed by atoms with van der Waals surface area (Å²) >= 11 is 0. The molecular weight excluding hydrogens is 310 g/mol. The standard InChI is InChI=1S/C17H23N3O4/c1-11-7-13(18-9-11)15(22)19-5-3-17(4-6-19)8-14(16(23)24)20(10-17)12(2)21/h7,9,14,18H,3-6,8,10H2,1-2H3,(H,23,24)/t14-/m0/s1. The minimum Gasteiger partial charge on any atom is -0.480 e. The van der Waals surface area contributed by atoms with Crippen molar-refractivity contribution in [2.75, 3.05) is 19.6 Å². The van der Waals surface area contributed by atoms with Crippen LogP contribution in [-0.2, 0) is 9.59 Å². The number of carboxylic acids is 1. The van der Waals surface area contributed by atoms with Gasteiger partial charge in [0.25, 0.3) is 5.91 Å². The van der Waals surface area contributed by atoms with Gasteiger partial charge in [0, 0.05) is 32.8 Å². The van der Waals surface area contributed by atoms with Gasteiger partial charge in [-0.3, -0.25) is 9.59 Å². The van der Waals surface area contributed by atoms with Crippen LogP contribution in [0.15, 0.2) is 12.3 Å². The number of hydrogen-bond donors (Lipinski definition) is 2. The average molecular weight is 333 g/mol. The third-order valence-electron chi connectivity index (χ3n) is 5.37. The van der Waals surface area contributed by atoms with E-state index in [4.69, 9.17) is 0 Å². The second-order valence-electron chi connectivity index (χ2n) is 7.09. The molecule has 2 amide bonds. The number of piperidine rings is 1. The maximum absolute atomic E-state index is 12.5. The van der Waals surface area contributed by atoms with E-state index in [1.54, 1.807) is 6.20 Å². The molecule has 2 N–H and O–H groups in total. The molecule has 7 nitrogen and oxygen atoms in total. The van der Waals surface area contributed by atoms with Crippen molar-refractivity contribution in [2.24, 2.45) is 5.41 Å². The number of aromatic amines is 1. The van der Waals surface area contributed by atoms with E-state index in [-0.39, 0.29) is 17.2 Å². The largest absolute Gasteiger partial charge is 0.480 e. The Morgan fingerprint density at radius 1 is 1.29 bits per heavy atom. The number of carboxylic acid groups (broad SMARTS) is 1. The predicted octanol–water partition coefficient (Wildman–Crippen LogP) is 1.25. The number of H-pyrrole nitrogens is 1. The van der Waals surface area contributed by atoms with Crippen molar-refractivity contribution in [3.05, 3.63) is 23.5 Å². The highest BCUT2D eigenvalue weighted by molar-refractivity contribution is 5.92. The second-order valence-corrected chi connectivity index (χ2v) is 7.09. The number of nitrogens with zero attached hydrogens (tertiary/aromatic N) is 2. The van der Waals surface area contributed by atoms with Gasteiger partial charge in [-0.15, -0.1) is 0 Å². The van der Waals surface area contributed by atoms with E-state index in [2.05, 4.69) is 4.98 Å². The predicted molar refractivity (Wildman–Crippen MR) is 86.5 cm³/mol. The van der Waals surface area contributed by atoms with Gasteiger partial charge < -0.3 is 19.9 Å². The van der Waals surface area contributed by atoms with Crippen LogP contribution in [0.1, 0.15) is 42.2 Å². The summed E-state index contributed by atoms with van der Waals surface area (Å²) in [6.45, 7) is 5.01. The van der Waals surface area contributed by atoms with Gasteiger partial charge in [-0.05, 0) is 43.2 Å².